The van der Waals surface area contributed by atoms with Gasteiger partial charge in [0.05, 0.1) is 32.5 Å². The van der Waals surface area contributed by atoms with Crippen LogP contribution in [0.5, 0.6) is 0 Å². The molecule has 198 valence electrons. The average molecular weight is 495 g/mol. The molecule has 0 aliphatic carbocycles. The second-order valence-electron chi connectivity index (χ2n) is 8.53. The van der Waals surface area contributed by atoms with Crippen molar-refractivity contribution in [1.29, 1.82) is 0 Å². The normalized spacial score (nSPS) is 20.7. The van der Waals surface area contributed by atoms with Gasteiger partial charge >= 0.3 is 17.9 Å². The minimum Gasteiger partial charge on any atom is -0.480 e. The Balaban J connectivity index is 3.31. The molecular weight excluding hydrogens is 456 g/mol. The Bertz CT molecular complexity index is 661. The Morgan fingerprint density at radius 1 is 0.824 bits per heavy atom. The standard InChI is InChI=1S/C20H38N4O10/c1-15(28)10-21-2-3-22(11-17(29)30)5-8-24(20(13-26,14-27)19(33)34)9-7-23(6-4-21)16(12-25)18(31)32/h15-16,25-28H,2-14H2,1H3,(H,29,30)(H,31,32)(H,33,34). The molecule has 2 unspecified atom stereocenters. The third-order valence-electron chi connectivity index (χ3n) is 6.09. The molecule has 0 amide bonds. The first-order valence-corrected chi connectivity index (χ1v) is 11.1. The molecule has 1 fully saturated rings. The van der Waals surface area contributed by atoms with Gasteiger partial charge in [-0.3, -0.25) is 34.0 Å². The molecule has 1 saturated heterocycles. The molecule has 0 aromatic rings. The Labute approximate surface area is 198 Å². The first kappa shape index (κ1) is 30.1. The van der Waals surface area contributed by atoms with Gasteiger partial charge < -0.3 is 35.7 Å². The first-order chi connectivity index (χ1) is 16.0. The summed E-state index contributed by atoms with van der Waals surface area (Å²) < 4.78 is 0. The Hall–Kier alpha value is -1.91. The van der Waals surface area contributed by atoms with Crippen molar-refractivity contribution in [3.8, 4) is 0 Å². The maximum absolute atomic E-state index is 12.0. The van der Waals surface area contributed by atoms with Crippen LogP contribution in [0.15, 0.2) is 0 Å². The van der Waals surface area contributed by atoms with Gasteiger partial charge in [0.2, 0.25) is 0 Å². The van der Waals surface area contributed by atoms with Crippen molar-refractivity contribution >= 4 is 17.9 Å². The zero-order valence-corrected chi connectivity index (χ0v) is 19.5. The maximum Gasteiger partial charge on any atom is 0.328 e. The highest BCUT2D eigenvalue weighted by molar-refractivity contribution is 5.79. The second kappa shape index (κ2) is 14.5. The van der Waals surface area contributed by atoms with Crippen molar-refractivity contribution in [2.24, 2.45) is 0 Å². The summed E-state index contributed by atoms with van der Waals surface area (Å²) in [7, 11) is 0. The fraction of sp³-hybridized carbons (Fsp3) is 0.850. The molecule has 0 radical (unpaired) electrons. The van der Waals surface area contributed by atoms with Gasteiger partial charge in [-0.2, -0.15) is 0 Å². The zero-order chi connectivity index (χ0) is 25.9. The molecule has 0 bridgehead atoms. The van der Waals surface area contributed by atoms with Gasteiger partial charge in [-0.25, -0.2) is 0 Å². The number of hydrogen-bond donors (Lipinski definition) is 7. The lowest BCUT2D eigenvalue weighted by molar-refractivity contribution is -0.160. The topological polar surface area (TPSA) is 206 Å². The fourth-order valence-electron chi connectivity index (χ4n) is 4.03. The number of carboxylic acid groups (broad SMARTS) is 3. The molecule has 2 atom stereocenters. The van der Waals surface area contributed by atoms with Crippen LogP contribution in [0.4, 0.5) is 0 Å². The Morgan fingerprint density at radius 2 is 1.32 bits per heavy atom. The number of nitrogens with zero attached hydrogens (tertiary/aromatic N) is 4. The van der Waals surface area contributed by atoms with Crippen LogP contribution in [0.3, 0.4) is 0 Å². The van der Waals surface area contributed by atoms with Crippen LogP contribution in [0.25, 0.3) is 0 Å². The van der Waals surface area contributed by atoms with Crippen LogP contribution in [0, 0.1) is 0 Å². The lowest BCUT2D eigenvalue weighted by atomic mass is 9.99. The van der Waals surface area contributed by atoms with Crippen molar-refractivity contribution in [3.63, 3.8) is 0 Å². The maximum atomic E-state index is 12.0. The SMILES string of the molecule is CC(O)CN1CCN(CC(=O)O)CCN(C(CO)(CO)C(=O)O)CCN(C(CO)C(=O)O)CC1. The number of hydrogen-bond acceptors (Lipinski definition) is 11. The van der Waals surface area contributed by atoms with Crippen LogP contribution in [-0.2, 0) is 14.4 Å². The molecule has 7 N–H and O–H groups in total. The van der Waals surface area contributed by atoms with Crippen LogP contribution in [0.2, 0.25) is 0 Å². The second-order valence-corrected chi connectivity index (χ2v) is 8.53. The largest absolute Gasteiger partial charge is 0.480 e. The highest BCUT2D eigenvalue weighted by Gasteiger charge is 2.44. The lowest BCUT2D eigenvalue weighted by Crippen LogP contribution is -2.63. The summed E-state index contributed by atoms with van der Waals surface area (Å²) in [6.45, 7) is 0.143. The van der Waals surface area contributed by atoms with Gasteiger partial charge in [-0.15, -0.1) is 0 Å². The highest BCUT2D eigenvalue weighted by Crippen LogP contribution is 2.17. The first-order valence-electron chi connectivity index (χ1n) is 11.1. The summed E-state index contributed by atoms with van der Waals surface area (Å²) in [4.78, 5) is 41.3. The molecule has 14 heteroatoms. The molecule has 1 heterocycles. The van der Waals surface area contributed by atoms with E-state index >= 15 is 0 Å². The van der Waals surface area contributed by atoms with E-state index in [4.69, 9.17) is 0 Å². The number of carbonyl (C=O) groups is 3. The summed E-state index contributed by atoms with van der Waals surface area (Å²) >= 11 is 0. The van der Waals surface area contributed by atoms with E-state index < -0.39 is 55.4 Å². The average Bonchev–Trinajstić information content (AvgIpc) is 2.74. The van der Waals surface area contributed by atoms with Crippen LogP contribution in [0.1, 0.15) is 6.92 Å². The van der Waals surface area contributed by atoms with E-state index in [9.17, 15) is 50.1 Å². The fourth-order valence-corrected chi connectivity index (χ4v) is 4.03. The van der Waals surface area contributed by atoms with Crippen molar-refractivity contribution < 1.29 is 50.1 Å². The number of β-amino-alcohol motifs (C(OH)–C–C–N with tert-alkyl or cyclic N) is 1. The molecular formula is C20H38N4O10. The van der Waals surface area contributed by atoms with E-state index in [2.05, 4.69) is 0 Å². The van der Waals surface area contributed by atoms with Crippen molar-refractivity contribution in [3.05, 3.63) is 0 Å². The number of aliphatic hydroxyl groups is 4. The summed E-state index contributed by atoms with van der Waals surface area (Å²) in [6, 6.07) is -1.26. The minimum atomic E-state index is -2.05. The summed E-state index contributed by atoms with van der Waals surface area (Å²) in [5.74, 6) is -3.81. The predicted molar refractivity (Wildman–Crippen MR) is 118 cm³/mol. The molecule has 34 heavy (non-hydrogen) atoms. The van der Waals surface area contributed by atoms with Crippen molar-refractivity contribution in [2.45, 2.75) is 24.6 Å². The van der Waals surface area contributed by atoms with Crippen molar-refractivity contribution in [1.82, 2.24) is 19.6 Å². The molecule has 0 aromatic heterocycles. The number of carboxylic acids is 3. The van der Waals surface area contributed by atoms with E-state index in [-0.39, 0.29) is 52.4 Å². The Kier molecular flexibility index (Phi) is 12.8. The third kappa shape index (κ3) is 8.70. The number of aliphatic carboxylic acids is 3. The quantitative estimate of drug-likeness (QED) is 0.146. The number of rotatable bonds is 11. The van der Waals surface area contributed by atoms with Gasteiger partial charge in [0.15, 0.2) is 5.54 Å². The lowest BCUT2D eigenvalue weighted by Gasteiger charge is -2.41. The third-order valence-corrected chi connectivity index (χ3v) is 6.09. The smallest absolute Gasteiger partial charge is 0.328 e. The molecule has 0 aromatic carbocycles. The number of aliphatic hydroxyl groups excluding tert-OH is 4. The molecule has 1 rings (SSSR count). The summed E-state index contributed by atoms with van der Waals surface area (Å²) in [6.07, 6.45) is -0.678. The highest BCUT2D eigenvalue weighted by atomic mass is 16.4. The van der Waals surface area contributed by atoms with Gasteiger partial charge in [-0.05, 0) is 6.92 Å². The summed E-state index contributed by atoms with van der Waals surface area (Å²) in [5.41, 5.74) is -2.05. The van der Waals surface area contributed by atoms with Gasteiger partial charge in [-0.1, -0.05) is 0 Å². The zero-order valence-electron chi connectivity index (χ0n) is 19.5. The van der Waals surface area contributed by atoms with E-state index in [1.807, 2.05) is 4.90 Å². The predicted octanol–water partition coefficient (Wildman–Crippen LogP) is -4.07. The van der Waals surface area contributed by atoms with Gasteiger partial charge in [0, 0.05) is 58.9 Å². The molecule has 0 saturated carbocycles. The van der Waals surface area contributed by atoms with Gasteiger partial charge in [0.25, 0.3) is 0 Å². The van der Waals surface area contributed by atoms with Crippen LogP contribution >= 0.6 is 0 Å². The molecule has 14 nitrogen and oxygen atoms in total. The van der Waals surface area contributed by atoms with E-state index in [1.165, 1.54) is 9.80 Å². The van der Waals surface area contributed by atoms with Crippen LogP contribution in [-0.4, -0.2) is 176 Å². The molecule has 0 spiro atoms. The minimum absolute atomic E-state index is 0.00595. The van der Waals surface area contributed by atoms with E-state index in [0.29, 0.717) is 13.1 Å². The monoisotopic (exact) mass is 494 g/mol. The molecule has 1 aliphatic heterocycles. The Morgan fingerprint density at radius 3 is 1.79 bits per heavy atom. The van der Waals surface area contributed by atoms with E-state index in [1.54, 1.807) is 11.8 Å². The molecule has 1 aliphatic rings. The summed E-state index contributed by atoms with van der Waals surface area (Å²) in [5, 5.41) is 67.8. The van der Waals surface area contributed by atoms with Crippen LogP contribution < -0.4 is 0 Å². The van der Waals surface area contributed by atoms with Crippen molar-refractivity contribution in [2.75, 3.05) is 85.3 Å². The van der Waals surface area contributed by atoms with Gasteiger partial charge in [0.1, 0.15) is 6.04 Å². The van der Waals surface area contributed by atoms with E-state index in [0.717, 1.165) is 0 Å².